The number of nitrogens with one attached hydrogen (secondary N) is 2. The topological polar surface area (TPSA) is 97.4 Å². The third kappa shape index (κ3) is 4.86. The lowest BCUT2D eigenvalue weighted by Crippen LogP contribution is -2.16. The van der Waals surface area contributed by atoms with E-state index in [0.29, 0.717) is 23.9 Å². The average molecular weight is 401 g/mol. The van der Waals surface area contributed by atoms with Crippen molar-refractivity contribution < 1.29 is 20.8 Å². The zero-order chi connectivity index (χ0) is 20.0. The molecular formula is C20H23N3O4S. The minimum atomic E-state index is -3.85. The van der Waals surface area contributed by atoms with E-state index in [0.717, 1.165) is 0 Å². The van der Waals surface area contributed by atoms with Gasteiger partial charge in [-0.25, -0.2) is 13.4 Å². The van der Waals surface area contributed by atoms with Crippen molar-refractivity contribution in [2.45, 2.75) is 11.8 Å². The molecule has 8 heteroatoms. The summed E-state index contributed by atoms with van der Waals surface area (Å²) in [5.74, 6) is 0.587. The molecule has 0 fully saturated rings. The van der Waals surface area contributed by atoms with E-state index < -0.39 is 15.9 Å². The Morgan fingerprint density at radius 3 is 2.54 bits per heavy atom. The Labute approximate surface area is 166 Å². The summed E-state index contributed by atoms with van der Waals surface area (Å²) in [6.45, 7) is 2.39. The molecule has 0 atom stereocenters. The molecule has 0 saturated heterocycles. The number of anilines is 2. The van der Waals surface area contributed by atoms with Gasteiger partial charge in [0.05, 0.1) is 11.5 Å². The third-order valence-corrected chi connectivity index (χ3v) is 5.11. The van der Waals surface area contributed by atoms with Gasteiger partial charge in [-0.1, -0.05) is 12.1 Å². The lowest BCUT2D eigenvalue weighted by molar-refractivity contribution is 0.102. The first kappa shape index (κ1) is 19.4. The summed E-state index contributed by atoms with van der Waals surface area (Å²) in [5, 5.41) is 2.63. The molecule has 2 N–H and O–H groups in total. The molecule has 3 rings (SSSR count). The van der Waals surface area contributed by atoms with E-state index in [4.69, 9.17) is 4.74 Å². The molecule has 0 unspecified atom stereocenters. The minimum Gasteiger partial charge on any atom is -0.494 e. The van der Waals surface area contributed by atoms with Gasteiger partial charge in [-0.3, -0.25) is 9.52 Å². The normalized spacial score (nSPS) is 10.9. The van der Waals surface area contributed by atoms with Gasteiger partial charge in [0.1, 0.15) is 11.6 Å². The van der Waals surface area contributed by atoms with Gasteiger partial charge in [-0.05, 0) is 61.5 Å². The van der Waals surface area contributed by atoms with Crippen LogP contribution in [-0.4, -0.2) is 25.9 Å². The van der Waals surface area contributed by atoms with Gasteiger partial charge in [0, 0.05) is 20.3 Å². The summed E-state index contributed by atoms with van der Waals surface area (Å²) < 4.78 is 33.1. The van der Waals surface area contributed by atoms with Crippen molar-refractivity contribution >= 4 is 27.4 Å². The predicted octanol–water partition coefficient (Wildman–Crippen LogP) is 4.03. The number of hydrogen-bond acceptors (Lipinski definition) is 5. The molecule has 0 aliphatic carbocycles. The van der Waals surface area contributed by atoms with E-state index in [2.05, 4.69) is 15.0 Å². The number of amides is 1. The maximum atomic E-state index is 12.7. The van der Waals surface area contributed by atoms with Crippen molar-refractivity contribution in [3.8, 4) is 5.75 Å². The van der Waals surface area contributed by atoms with Crippen LogP contribution in [0.4, 0.5) is 11.5 Å². The molecule has 7 nitrogen and oxygen atoms in total. The first-order valence-corrected chi connectivity index (χ1v) is 10.0. The van der Waals surface area contributed by atoms with Crippen LogP contribution in [0.3, 0.4) is 0 Å². The highest BCUT2D eigenvalue weighted by Crippen LogP contribution is 2.20. The van der Waals surface area contributed by atoms with Crippen LogP contribution in [-0.2, 0) is 10.0 Å². The molecule has 1 amide bonds. The van der Waals surface area contributed by atoms with Crippen LogP contribution >= 0.6 is 0 Å². The fourth-order valence-corrected chi connectivity index (χ4v) is 3.53. The molecule has 0 spiro atoms. The van der Waals surface area contributed by atoms with Crippen molar-refractivity contribution in [3.05, 3.63) is 78.5 Å². The molecule has 28 heavy (non-hydrogen) atoms. The number of benzene rings is 2. The molecular weight excluding hydrogens is 378 g/mol. The van der Waals surface area contributed by atoms with E-state index in [1.54, 1.807) is 48.7 Å². The van der Waals surface area contributed by atoms with Crippen molar-refractivity contribution in [3.63, 3.8) is 0 Å². The van der Waals surface area contributed by atoms with Gasteiger partial charge in [0.15, 0.2) is 0 Å². The molecule has 3 aromatic rings. The number of hydrogen-bond donors (Lipinski definition) is 2. The maximum Gasteiger partial charge on any atom is 0.261 e. The second-order valence-electron chi connectivity index (χ2n) is 5.76. The van der Waals surface area contributed by atoms with Crippen molar-refractivity contribution in [1.82, 2.24) is 4.98 Å². The monoisotopic (exact) mass is 401 g/mol. The molecule has 0 radical (unpaired) electrons. The van der Waals surface area contributed by atoms with Crippen molar-refractivity contribution in [2.75, 3.05) is 16.6 Å². The lowest BCUT2D eigenvalue weighted by atomic mass is 10.2. The van der Waals surface area contributed by atoms with E-state index in [1.807, 2.05) is 6.92 Å². The molecule has 148 valence electrons. The smallest absolute Gasteiger partial charge is 0.261 e. The minimum absolute atomic E-state index is 0. The number of carbonyl (C=O) groups excluding carboxylic acids is 1. The zero-order valence-electron chi connectivity index (χ0n) is 15.1. The average Bonchev–Trinajstić information content (AvgIpc) is 2.70. The van der Waals surface area contributed by atoms with Gasteiger partial charge in [0.2, 0.25) is 0 Å². The van der Waals surface area contributed by atoms with E-state index in [1.165, 1.54) is 24.3 Å². The molecule has 1 aromatic heterocycles. The number of sulfonamides is 1. The van der Waals surface area contributed by atoms with Gasteiger partial charge < -0.3 is 10.1 Å². The fraction of sp³-hybridized carbons (Fsp3) is 0.100. The number of ether oxygens (including phenoxy) is 1. The van der Waals surface area contributed by atoms with Crippen LogP contribution < -0.4 is 14.8 Å². The van der Waals surface area contributed by atoms with Gasteiger partial charge in [-0.2, -0.15) is 0 Å². The second kappa shape index (κ2) is 8.53. The maximum absolute atomic E-state index is 12.7. The standard InChI is InChI=1S/C20H19N3O4S.2H2/c1-2-27-17-11-9-16(10-12-17)23-28(25,26)18-7-5-6-15(14-18)20(24)22-19-8-3-4-13-21-19;;/h3-14,23H,2H2,1H3,(H,21,22,24);2*1H. The van der Waals surface area contributed by atoms with Crippen LogP contribution in [0.1, 0.15) is 20.1 Å². The Hall–Kier alpha value is -3.39. The first-order chi connectivity index (χ1) is 13.5. The Morgan fingerprint density at radius 1 is 1.07 bits per heavy atom. The summed E-state index contributed by atoms with van der Waals surface area (Å²) in [6.07, 6.45) is 1.55. The molecule has 0 bridgehead atoms. The summed E-state index contributed by atoms with van der Waals surface area (Å²) >= 11 is 0. The summed E-state index contributed by atoms with van der Waals surface area (Å²) in [7, 11) is -3.85. The van der Waals surface area contributed by atoms with Gasteiger partial charge in [0.25, 0.3) is 15.9 Å². The number of nitrogens with zero attached hydrogens (tertiary/aromatic N) is 1. The summed E-state index contributed by atoms with van der Waals surface area (Å²) in [5.41, 5.74) is 0.604. The lowest BCUT2D eigenvalue weighted by Gasteiger charge is -2.10. The largest absolute Gasteiger partial charge is 0.494 e. The number of rotatable bonds is 7. The Bertz CT molecular complexity index is 1060. The Morgan fingerprint density at radius 2 is 1.86 bits per heavy atom. The van der Waals surface area contributed by atoms with E-state index >= 15 is 0 Å². The molecule has 1 heterocycles. The highest BCUT2D eigenvalue weighted by Gasteiger charge is 2.17. The number of pyridine rings is 1. The second-order valence-corrected chi connectivity index (χ2v) is 7.44. The van der Waals surface area contributed by atoms with Crippen LogP contribution in [0.5, 0.6) is 5.75 Å². The molecule has 0 saturated carbocycles. The van der Waals surface area contributed by atoms with Crippen LogP contribution in [0.25, 0.3) is 0 Å². The zero-order valence-corrected chi connectivity index (χ0v) is 15.9. The van der Waals surface area contributed by atoms with Crippen LogP contribution in [0.15, 0.2) is 77.8 Å². The Kier molecular flexibility index (Phi) is 5.90. The van der Waals surface area contributed by atoms with Gasteiger partial charge >= 0.3 is 0 Å². The molecule has 0 aliphatic heterocycles. The number of carbonyl (C=O) groups is 1. The summed E-state index contributed by atoms with van der Waals surface area (Å²) in [4.78, 5) is 16.4. The Balaban J connectivity index is 0.00000225. The van der Waals surface area contributed by atoms with Crippen LogP contribution in [0, 0.1) is 0 Å². The SMILES string of the molecule is CCOc1ccc(NS(=O)(=O)c2cccc(C(=O)Nc3ccccn3)c2)cc1.[HH].[HH]. The van der Waals surface area contributed by atoms with Crippen molar-refractivity contribution in [2.24, 2.45) is 0 Å². The highest BCUT2D eigenvalue weighted by molar-refractivity contribution is 7.92. The van der Waals surface area contributed by atoms with Crippen molar-refractivity contribution in [1.29, 1.82) is 0 Å². The highest BCUT2D eigenvalue weighted by atomic mass is 32.2. The van der Waals surface area contributed by atoms with Crippen LogP contribution in [0.2, 0.25) is 0 Å². The predicted molar refractivity (Wildman–Crippen MR) is 111 cm³/mol. The summed E-state index contributed by atoms with van der Waals surface area (Å²) in [6, 6.07) is 17.5. The van der Waals surface area contributed by atoms with E-state index in [-0.39, 0.29) is 13.3 Å². The number of aromatic nitrogens is 1. The molecule has 0 aliphatic rings. The quantitative estimate of drug-likeness (QED) is 0.623. The third-order valence-electron chi connectivity index (χ3n) is 3.73. The fourth-order valence-electron chi connectivity index (χ4n) is 2.43. The molecule has 2 aromatic carbocycles. The van der Waals surface area contributed by atoms with Gasteiger partial charge in [-0.15, -0.1) is 0 Å². The first-order valence-electron chi connectivity index (χ1n) is 8.56. The van der Waals surface area contributed by atoms with E-state index in [9.17, 15) is 13.2 Å².